The fraction of sp³-hybridized carbons (Fsp3) is 0.308. The average Bonchev–Trinajstić information content (AvgIpc) is 2.95. The maximum atomic E-state index is 9.46. The van der Waals surface area contributed by atoms with Crippen LogP contribution in [0.15, 0.2) is 29.6 Å². The van der Waals surface area contributed by atoms with E-state index in [0.717, 1.165) is 22.9 Å². The van der Waals surface area contributed by atoms with E-state index in [4.69, 9.17) is 4.74 Å². The molecule has 0 saturated carbocycles. The van der Waals surface area contributed by atoms with Crippen molar-refractivity contribution in [2.75, 3.05) is 0 Å². The summed E-state index contributed by atoms with van der Waals surface area (Å²) in [6.07, 6.45) is 0.358. The van der Waals surface area contributed by atoms with Gasteiger partial charge in [-0.15, -0.1) is 11.3 Å². The molecular formula is C13H13NO2S. The Morgan fingerprint density at radius 3 is 3.00 bits per heavy atom. The lowest BCUT2D eigenvalue weighted by Gasteiger charge is -2.06. The molecule has 0 spiro atoms. The number of nitrogens with zero attached hydrogens (tertiary/aromatic N) is 1. The van der Waals surface area contributed by atoms with Gasteiger partial charge in [0, 0.05) is 11.8 Å². The molecule has 2 atom stereocenters. The molecule has 3 rings (SSSR count). The van der Waals surface area contributed by atoms with Crippen molar-refractivity contribution < 1.29 is 9.84 Å². The number of benzene rings is 1. The van der Waals surface area contributed by atoms with E-state index in [2.05, 4.69) is 11.1 Å². The molecule has 0 fully saturated rings. The number of rotatable bonds is 2. The summed E-state index contributed by atoms with van der Waals surface area (Å²) in [5, 5.41) is 12.3. The first-order valence-electron chi connectivity index (χ1n) is 5.62. The zero-order valence-corrected chi connectivity index (χ0v) is 10.3. The summed E-state index contributed by atoms with van der Waals surface area (Å²) >= 11 is 1.55. The molecule has 2 heterocycles. The number of fused-ring (bicyclic) bond motifs is 1. The third kappa shape index (κ3) is 1.94. The molecule has 0 aliphatic carbocycles. The van der Waals surface area contributed by atoms with Crippen molar-refractivity contribution in [3.8, 4) is 5.75 Å². The second-order valence-corrected chi connectivity index (χ2v) is 5.09. The minimum absolute atomic E-state index is 0.00454. The SMILES string of the molecule is CC(O)c1csc(C2Cc3ccccc3O2)n1. The molecule has 2 aromatic rings. The van der Waals surface area contributed by atoms with Crippen LogP contribution >= 0.6 is 11.3 Å². The van der Waals surface area contributed by atoms with Crippen molar-refractivity contribution in [1.29, 1.82) is 0 Å². The highest BCUT2D eigenvalue weighted by Crippen LogP contribution is 2.37. The quantitative estimate of drug-likeness (QED) is 0.887. The summed E-state index contributed by atoms with van der Waals surface area (Å²) in [5.41, 5.74) is 1.95. The fourth-order valence-electron chi connectivity index (χ4n) is 1.96. The molecule has 88 valence electrons. The maximum absolute atomic E-state index is 9.46. The molecule has 3 nitrogen and oxygen atoms in total. The Bertz CT molecular complexity index is 511. The highest BCUT2D eigenvalue weighted by molar-refractivity contribution is 7.09. The van der Waals surface area contributed by atoms with Gasteiger partial charge in [0.2, 0.25) is 0 Å². The van der Waals surface area contributed by atoms with Gasteiger partial charge in [-0.3, -0.25) is 0 Å². The van der Waals surface area contributed by atoms with Crippen LogP contribution in [0.25, 0.3) is 0 Å². The summed E-state index contributed by atoms with van der Waals surface area (Å²) < 4.78 is 5.85. The van der Waals surface area contributed by atoms with Gasteiger partial charge in [0.15, 0.2) is 6.10 Å². The molecule has 1 aliphatic rings. The molecule has 2 unspecified atom stereocenters. The normalized spacial score (nSPS) is 19.8. The van der Waals surface area contributed by atoms with Crippen molar-refractivity contribution in [2.45, 2.75) is 25.6 Å². The Balaban J connectivity index is 1.84. The summed E-state index contributed by atoms with van der Waals surface area (Å²) in [7, 11) is 0. The van der Waals surface area contributed by atoms with E-state index < -0.39 is 6.10 Å². The van der Waals surface area contributed by atoms with Crippen molar-refractivity contribution in [2.24, 2.45) is 0 Å². The number of para-hydroxylation sites is 1. The predicted molar refractivity (Wildman–Crippen MR) is 66.3 cm³/mol. The van der Waals surface area contributed by atoms with Gasteiger partial charge in [0.25, 0.3) is 0 Å². The number of aliphatic hydroxyl groups is 1. The number of thiazole rings is 1. The van der Waals surface area contributed by atoms with Crippen molar-refractivity contribution >= 4 is 11.3 Å². The van der Waals surface area contributed by atoms with Gasteiger partial charge < -0.3 is 9.84 Å². The first kappa shape index (κ1) is 10.7. The van der Waals surface area contributed by atoms with Crippen LogP contribution < -0.4 is 4.74 Å². The Hall–Kier alpha value is -1.39. The smallest absolute Gasteiger partial charge is 0.154 e. The predicted octanol–water partition coefficient (Wildman–Crippen LogP) is 2.87. The Morgan fingerprint density at radius 1 is 1.47 bits per heavy atom. The Labute approximate surface area is 104 Å². The van der Waals surface area contributed by atoms with Gasteiger partial charge in [-0.05, 0) is 18.6 Å². The van der Waals surface area contributed by atoms with E-state index in [1.54, 1.807) is 18.3 Å². The summed E-state index contributed by atoms with van der Waals surface area (Å²) in [5.74, 6) is 0.950. The highest BCUT2D eigenvalue weighted by atomic mass is 32.1. The standard InChI is InChI=1S/C13H13NO2S/c1-8(15)10-7-17-13(14-10)12-6-9-4-2-3-5-11(9)16-12/h2-5,7-8,12,15H,6H2,1H3. The van der Waals surface area contributed by atoms with E-state index in [0.29, 0.717) is 0 Å². The molecule has 0 saturated heterocycles. The van der Waals surface area contributed by atoms with E-state index in [1.807, 2.05) is 23.6 Å². The molecule has 0 radical (unpaired) electrons. The van der Waals surface area contributed by atoms with Crippen LogP contribution in [-0.4, -0.2) is 10.1 Å². The second-order valence-electron chi connectivity index (χ2n) is 4.20. The van der Waals surface area contributed by atoms with Crippen LogP contribution in [0.3, 0.4) is 0 Å². The van der Waals surface area contributed by atoms with Crippen molar-refractivity contribution in [1.82, 2.24) is 4.98 Å². The zero-order chi connectivity index (χ0) is 11.8. The molecule has 17 heavy (non-hydrogen) atoms. The zero-order valence-electron chi connectivity index (χ0n) is 9.46. The number of ether oxygens (including phenoxy) is 1. The number of aromatic nitrogens is 1. The van der Waals surface area contributed by atoms with Crippen molar-refractivity contribution in [3.05, 3.63) is 45.9 Å². The average molecular weight is 247 g/mol. The van der Waals surface area contributed by atoms with Crippen LogP contribution in [0, 0.1) is 0 Å². The van der Waals surface area contributed by atoms with Crippen LogP contribution in [0.1, 0.15) is 35.4 Å². The number of aliphatic hydroxyl groups excluding tert-OH is 1. The lowest BCUT2D eigenvalue weighted by molar-refractivity contribution is 0.193. The van der Waals surface area contributed by atoms with Gasteiger partial charge in [0.05, 0.1) is 11.8 Å². The van der Waals surface area contributed by atoms with Crippen molar-refractivity contribution in [3.63, 3.8) is 0 Å². The summed E-state index contributed by atoms with van der Waals surface area (Å²) in [6, 6.07) is 8.06. The minimum Gasteiger partial charge on any atom is -0.483 e. The topological polar surface area (TPSA) is 42.4 Å². The largest absolute Gasteiger partial charge is 0.483 e. The van der Waals surface area contributed by atoms with Crippen LogP contribution in [0.2, 0.25) is 0 Å². The van der Waals surface area contributed by atoms with E-state index in [-0.39, 0.29) is 6.10 Å². The number of hydrogen-bond acceptors (Lipinski definition) is 4. The first-order chi connectivity index (χ1) is 8.24. The number of hydrogen-bond donors (Lipinski definition) is 1. The van der Waals surface area contributed by atoms with Gasteiger partial charge in [-0.1, -0.05) is 18.2 Å². The van der Waals surface area contributed by atoms with Gasteiger partial charge in [-0.2, -0.15) is 0 Å². The lowest BCUT2D eigenvalue weighted by atomic mass is 10.1. The monoisotopic (exact) mass is 247 g/mol. The summed E-state index contributed by atoms with van der Waals surface area (Å²) in [4.78, 5) is 4.42. The fourth-order valence-corrected chi connectivity index (χ4v) is 2.89. The van der Waals surface area contributed by atoms with Crippen LogP contribution in [0.4, 0.5) is 0 Å². The van der Waals surface area contributed by atoms with Gasteiger partial charge >= 0.3 is 0 Å². The third-order valence-electron chi connectivity index (χ3n) is 2.89. The van der Waals surface area contributed by atoms with Crippen LogP contribution in [0.5, 0.6) is 5.75 Å². The lowest BCUT2D eigenvalue weighted by Crippen LogP contribution is -2.03. The molecule has 1 aromatic carbocycles. The molecular weight excluding hydrogens is 234 g/mol. The Morgan fingerprint density at radius 2 is 2.29 bits per heavy atom. The molecule has 4 heteroatoms. The summed E-state index contributed by atoms with van der Waals surface area (Å²) in [6.45, 7) is 1.73. The maximum Gasteiger partial charge on any atom is 0.154 e. The molecule has 0 amide bonds. The van der Waals surface area contributed by atoms with Gasteiger partial charge in [-0.25, -0.2) is 4.98 Å². The molecule has 0 bridgehead atoms. The third-order valence-corrected chi connectivity index (χ3v) is 3.85. The van der Waals surface area contributed by atoms with Gasteiger partial charge in [0.1, 0.15) is 10.8 Å². The van der Waals surface area contributed by atoms with E-state index in [9.17, 15) is 5.11 Å². The Kier molecular flexibility index (Phi) is 2.61. The van der Waals surface area contributed by atoms with Crippen LogP contribution in [-0.2, 0) is 6.42 Å². The molecule has 1 aliphatic heterocycles. The minimum atomic E-state index is -0.510. The molecule has 1 aromatic heterocycles. The van der Waals surface area contributed by atoms with E-state index in [1.165, 1.54) is 5.56 Å². The molecule has 1 N–H and O–H groups in total. The van der Waals surface area contributed by atoms with E-state index >= 15 is 0 Å². The highest BCUT2D eigenvalue weighted by Gasteiger charge is 2.26. The second kappa shape index (κ2) is 4.13. The first-order valence-corrected chi connectivity index (χ1v) is 6.50.